The van der Waals surface area contributed by atoms with Crippen LogP contribution in [0.1, 0.15) is 50.5 Å². The van der Waals surface area contributed by atoms with Gasteiger partial charge in [-0.05, 0) is 74.6 Å². The van der Waals surface area contributed by atoms with Gasteiger partial charge in [0.05, 0.1) is 30.9 Å². The van der Waals surface area contributed by atoms with Crippen molar-refractivity contribution in [3.05, 3.63) is 53.3 Å². The van der Waals surface area contributed by atoms with Gasteiger partial charge in [0.15, 0.2) is 5.82 Å². The van der Waals surface area contributed by atoms with Crippen molar-refractivity contribution in [1.82, 2.24) is 20.2 Å². The minimum absolute atomic E-state index is 0.0348. The van der Waals surface area contributed by atoms with E-state index in [0.29, 0.717) is 30.9 Å². The number of phenols is 1. The van der Waals surface area contributed by atoms with Gasteiger partial charge in [-0.3, -0.25) is 4.90 Å². The first-order chi connectivity index (χ1) is 23.7. The van der Waals surface area contributed by atoms with Gasteiger partial charge in [0.2, 0.25) is 0 Å². The van der Waals surface area contributed by atoms with E-state index in [9.17, 15) is 9.50 Å². The molecule has 9 rings (SSSR count). The normalized spacial score (nSPS) is 23.9. The van der Waals surface area contributed by atoms with Gasteiger partial charge in [0.1, 0.15) is 28.7 Å². The molecule has 8 nitrogen and oxygen atoms in total. The second kappa shape index (κ2) is 11.5. The van der Waals surface area contributed by atoms with E-state index in [4.69, 9.17) is 20.9 Å². The highest BCUT2D eigenvalue weighted by molar-refractivity contribution is 6.04. The number of morpholine rings is 1. The van der Waals surface area contributed by atoms with Crippen LogP contribution < -0.4 is 15.0 Å². The smallest absolute Gasteiger partial charge is 0.319 e. The number of anilines is 1. The van der Waals surface area contributed by atoms with E-state index in [-0.39, 0.29) is 62.2 Å². The molecular weight excluding hydrogens is 631 g/mol. The molecule has 0 radical (unpaired) electrons. The maximum atomic E-state index is 17.0. The average Bonchev–Trinajstić information content (AvgIpc) is 3.76. The Morgan fingerprint density at radius 1 is 1.04 bits per heavy atom. The van der Waals surface area contributed by atoms with Crippen molar-refractivity contribution in [2.24, 2.45) is 5.41 Å². The van der Waals surface area contributed by atoms with Crippen LogP contribution in [0.15, 0.2) is 30.3 Å². The molecule has 254 valence electrons. The number of piperazine rings is 1. The Labute approximate surface area is 282 Å². The van der Waals surface area contributed by atoms with E-state index < -0.39 is 23.0 Å². The number of hydrogen-bond donors (Lipinski definition) is 2. The third-order valence-electron chi connectivity index (χ3n) is 11.6. The van der Waals surface area contributed by atoms with Crippen molar-refractivity contribution in [1.29, 1.82) is 0 Å². The first kappa shape index (κ1) is 30.9. The largest absolute Gasteiger partial charge is 0.508 e. The Bertz CT molecular complexity index is 2030. The van der Waals surface area contributed by atoms with Crippen LogP contribution in [0, 0.1) is 35.2 Å². The number of benzene rings is 3. The molecular formula is C38H38F3N5O3. The summed E-state index contributed by atoms with van der Waals surface area (Å²) in [5, 5.41) is 14.9. The van der Waals surface area contributed by atoms with Crippen LogP contribution in [0.25, 0.3) is 32.8 Å². The first-order valence-corrected chi connectivity index (χ1v) is 17.3. The maximum absolute atomic E-state index is 17.0. The molecule has 1 spiro atoms. The number of rotatable bonds is 7. The van der Waals surface area contributed by atoms with Crippen molar-refractivity contribution in [3.63, 3.8) is 0 Å². The quantitative estimate of drug-likeness (QED) is 0.235. The van der Waals surface area contributed by atoms with Crippen LogP contribution in [0.4, 0.5) is 19.0 Å². The summed E-state index contributed by atoms with van der Waals surface area (Å²) in [4.78, 5) is 14.1. The first-order valence-electron chi connectivity index (χ1n) is 17.3. The van der Waals surface area contributed by atoms with E-state index in [1.54, 1.807) is 0 Å². The maximum Gasteiger partial charge on any atom is 0.319 e. The third-order valence-corrected chi connectivity index (χ3v) is 11.6. The fourth-order valence-corrected chi connectivity index (χ4v) is 8.65. The summed E-state index contributed by atoms with van der Waals surface area (Å²) in [6.07, 6.45) is 13.3. The van der Waals surface area contributed by atoms with Crippen molar-refractivity contribution < 1.29 is 27.8 Å². The van der Waals surface area contributed by atoms with Crippen LogP contribution in [0.5, 0.6) is 11.8 Å². The fourth-order valence-electron chi connectivity index (χ4n) is 8.65. The number of fused-ring (bicyclic) bond motifs is 4. The Kier molecular flexibility index (Phi) is 7.24. The molecule has 2 saturated carbocycles. The Hall–Kier alpha value is -4.11. The molecule has 2 unspecified atom stereocenters. The molecule has 11 heteroatoms. The lowest BCUT2D eigenvalue weighted by atomic mass is 9.74. The molecule has 49 heavy (non-hydrogen) atoms. The van der Waals surface area contributed by atoms with Gasteiger partial charge in [0, 0.05) is 65.6 Å². The summed E-state index contributed by atoms with van der Waals surface area (Å²) < 4.78 is 60.4. The summed E-state index contributed by atoms with van der Waals surface area (Å²) in [5.74, 6) is -0.0425. The number of halogens is 3. The molecule has 2 atom stereocenters. The lowest BCUT2D eigenvalue weighted by molar-refractivity contribution is -0.115. The fraction of sp³-hybridized carbons (Fsp3) is 0.474. The van der Waals surface area contributed by atoms with E-state index in [1.807, 2.05) is 0 Å². The minimum atomic E-state index is -0.956. The number of ether oxygens (including phenoxy) is 2. The predicted molar refractivity (Wildman–Crippen MR) is 180 cm³/mol. The zero-order valence-corrected chi connectivity index (χ0v) is 27.2. The number of nitrogens with zero attached hydrogens (tertiary/aromatic N) is 4. The number of phenolic OH excluding ortho intramolecular Hbond substituents is 1. The zero-order chi connectivity index (χ0) is 33.5. The van der Waals surface area contributed by atoms with Crippen LogP contribution in [0.2, 0.25) is 0 Å². The number of terminal acetylenes is 1. The molecule has 5 aliphatic rings. The zero-order valence-electron chi connectivity index (χ0n) is 27.2. The molecule has 2 bridgehead atoms. The van der Waals surface area contributed by atoms with Gasteiger partial charge >= 0.3 is 6.01 Å². The molecule has 0 amide bonds. The Morgan fingerprint density at radius 2 is 1.84 bits per heavy atom. The standard InChI is InChI=1S/C38H38F3N5O3/c1-2-26-29(39)7-4-22-14-25(47)15-27(31(22)26)32-30(40)16-28-34(33(32)41)43-36(44-35(28)45-17-23-5-6-24(18-45)42-23)49-20-37(10-11-37)19-46-12-13-48-21-38(46)8-3-9-38/h1,4,7,14-16,23-24,42,47H,3,5-6,8-13,17-21H2. The lowest BCUT2D eigenvalue weighted by Crippen LogP contribution is -2.62. The highest BCUT2D eigenvalue weighted by Gasteiger charge is 2.52. The van der Waals surface area contributed by atoms with Crippen LogP contribution >= 0.6 is 0 Å². The summed E-state index contributed by atoms with van der Waals surface area (Å²) in [6.45, 7) is 4.96. The summed E-state index contributed by atoms with van der Waals surface area (Å²) in [5.41, 5.74) is -0.686. The van der Waals surface area contributed by atoms with Gasteiger partial charge in [-0.15, -0.1) is 6.42 Å². The van der Waals surface area contributed by atoms with Crippen LogP contribution in [-0.2, 0) is 4.74 Å². The Morgan fingerprint density at radius 3 is 2.55 bits per heavy atom. The van der Waals surface area contributed by atoms with Crippen LogP contribution in [0.3, 0.4) is 0 Å². The monoisotopic (exact) mass is 669 g/mol. The average molecular weight is 670 g/mol. The molecule has 2 N–H and O–H groups in total. The van der Waals surface area contributed by atoms with Gasteiger partial charge in [-0.25, -0.2) is 13.2 Å². The topological polar surface area (TPSA) is 83.0 Å². The predicted octanol–water partition coefficient (Wildman–Crippen LogP) is 5.91. The van der Waals surface area contributed by atoms with Crippen molar-refractivity contribution in [2.75, 3.05) is 50.9 Å². The molecule has 2 aliphatic carbocycles. The van der Waals surface area contributed by atoms with Crippen molar-refractivity contribution in [2.45, 2.75) is 62.6 Å². The lowest BCUT2D eigenvalue weighted by Gasteiger charge is -2.53. The van der Waals surface area contributed by atoms with E-state index >= 15 is 8.78 Å². The molecule has 3 aromatic carbocycles. The van der Waals surface area contributed by atoms with E-state index in [2.05, 4.69) is 26.0 Å². The van der Waals surface area contributed by atoms with Gasteiger partial charge in [-0.2, -0.15) is 9.97 Å². The second-order valence-electron chi connectivity index (χ2n) is 14.8. The highest BCUT2D eigenvalue weighted by Crippen LogP contribution is 2.50. The van der Waals surface area contributed by atoms with Gasteiger partial charge in [-0.1, -0.05) is 12.0 Å². The van der Waals surface area contributed by atoms with Crippen molar-refractivity contribution in [3.8, 4) is 35.2 Å². The Balaban J connectivity index is 1.14. The summed E-state index contributed by atoms with van der Waals surface area (Å²) in [6, 6.07) is 6.97. The summed E-state index contributed by atoms with van der Waals surface area (Å²) >= 11 is 0. The van der Waals surface area contributed by atoms with Gasteiger partial charge < -0.3 is 24.8 Å². The molecule has 1 aromatic heterocycles. The molecule has 4 heterocycles. The highest BCUT2D eigenvalue weighted by atomic mass is 19.1. The van der Waals surface area contributed by atoms with Crippen LogP contribution in [-0.4, -0.2) is 83.6 Å². The molecule has 5 fully saturated rings. The second-order valence-corrected chi connectivity index (χ2v) is 14.8. The number of nitrogens with one attached hydrogen (secondary N) is 1. The van der Waals surface area contributed by atoms with E-state index in [1.165, 1.54) is 36.8 Å². The van der Waals surface area contributed by atoms with Gasteiger partial charge in [0.25, 0.3) is 0 Å². The minimum Gasteiger partial charge on any atom is -0.508 e. The SMILES string of the molecule is C#Cc1c(F)ccc2cc(O)cc(-c3c(F)cc4c(N5CC6CCC(C5)N6)nc(OCC5(CN6CCOCC67CCC7)CC5)nc4c3F)c12. The van der Waals surface area contributed by atoms with E-state index in [0.717, 1.165) is 64.8 Å². The molecule has 3 saturated heterocycles. The summed E-state index contributed by atoms with van der Waals surface area (Å²) in [7, 11) is 0. The number of aromatic nitrogens is 2. The molecule has 4 aromatic rings. The number of hydrogen-bond acceptors (Lipinski definition) is 8. The molecule has 3 aliphatic heterocycles. The third kappa shape index (κ3) is 5.18. The van der Waals surface area contributed by atoms with Crippen molar-refractivity contribution >= 4 is 27.5 Å². The number of aromatic hydroxyl groups is 1.